The largest absolute Gasteiger partial charge is 0.491 e. The summed E-state index contributed by atoms with van der Waals surface area (Å²) in [5.74, 6) is -15.1. The maximum Gasteiger partial charge on any atom is 0.333 e. The van der Waals surface area contributed by atoms with Crippen molar-refractivity contribution in [3.63, 3.8) is 0 Å². The highest BCUT2D eigenvalue weighted by Crippen LogP contribution is 2.41. The van der Waals surface area contributed by atoms with Crippen molar-refractivity contribution < 1.29 is 118 Å². The molecule has 3 fully saturated rings. The van der Waals surface area contributed by atoms with Gasteiger partial charge >= 0.3 is 11.8 Å². The molecule has 5 aromatic carbocycles. The second-order valence-electron chi connectivity index (χ2n) is 35.0. The minimum absolute atomic E-state index is 0.0169. The second-order valence-corrected chi connectivity index (χ2v) is 35.0. The lowest BCUT2D eigenvalue weighted by molar-refractivity contribution is -0.137. The number of pyridine rings is 2. The normalized spacial score (nSPS) is 16.1. The number of rotatable bonds is 44. The van der Waals surface area contributed by atoms with Gasteiger partial charge in [0.25, 0.3) is 35.4 Å². The van der Waals surface area contributed by atoms with E-state index in [4.69, 9.17) is 38.9 Å². The molecule has 0 aliphatic carbocycles. The minimum atomic E-state index is -3.47. The number of hydrogen-bond acceptors (Lipinski definition) is 32. The number of imide groups is 6. The number of carbonyl (C=O) groups excluding carboxylic acids is 14. The van der Waals surface area contributed by atoms with Crippen molar-refractivity contribution in [2.24, 2.45) is 5.73 Å². The first-order valence-corrected chi connectivity index (χ1v) is 48.2. The van der Waals surface area contributed by atoms with Gasteiger partial charge in [-0.3, -0.25) is 117 Å². The van der Waals surface area contributed by atoms with Crippen LogP contribution in [0.1, 0.15) is 175 Å². The number of piperidine rings is 3. The number of fused-ring (bicyclic) bond motifs is 7. The Morgan fingerprint density at radius 3 is 1.18 bits per heavy atom. The van der Waals surface area contributed by atoms with Crippen LogP contribution in [0.3, 0.4) is 0 Å². The lowest BCUT2D eigenvalue weighted by atomic mass is 10.0. The molecule has 3 unspecified atom stereocenters. The Labute approximate surface area is 843 Å². The molecular weight excluding hydrogens is 1950 g/mol. The summed E-state index contributed by atoms with van der Waals surface area (Å²) in [5, 5.41) is 46.3. The van der Waals surface area contributed by atoms with Crippen LogP contribution in [0.15, 0.2) is 177 Å². The molecule has 0 bridgehead atoms. The van der Waals surface area contributed by atoms with E-state index < -0.39 is 113 Å². The van der Waals surface area contributed by atoms with Gasteiger partial charge in [-0.05, 0) is 155 Å². The number of aryl methyl sites for hydroxylation is 2. The summed E-state index contributed by atoms with van der Waals surface area (Å²) >= 11 is 0. The van der Waals surface area contributed by atoms with Crippen LogP contribution in [0, 0.1) is 0 Å². The van der Waals surface area contributed by atoms with E-state index in [2.05, 4.69) is 77.3 Å². The Balaban J connectivity index is 0.000000167. The van der Waals surface area contributed by atoms with E-state index in [0.717, 1.165) is 49.4 Å². The maximum atomic E-state index is 15.8. The van der Waals surface area contributed by atoms with Gasteiger partial charge in [0.2, 0.25) is 58.9 Å². The third kappa shape index (κ3) is 23.6. The number of ether oxygens (including phenoxy) is 7. The zero-order valence-electron chi connectivity index (χ0n) is 80.0. The molecule has 48 heteroatoms. The molecule has 0 radical (unpaired) electrons. The van der Waals surface area contributed by atoms with E-state index in [9.17, 15) is 67.1 Å². The van der Waals surface area contributed by atoms with Crippen molar-refractivity contribution in [2.45, 2.75) is 133 Å². The van der Waals surface area contributed by atoms with E-state index in [1.54, 1.807) is 131 Å². The molecule has 8 aromatic heterocycles. The number of nitrogens with two attached hydrogens (primary N) is 1. The molecule has 7 N–H and O–H groups in total. The average Bonchev–Trinajstić information content (AvgIpc) is 1.62. The van der Waals surface area contributed by atoms with Gasteiger partial charge in [0.05, 0.1) is 94.5 Å². The summed E-state index contributed by atoms with van der Waals surface area (Å²) in [4.78, 5) is 184. The highest BCUT2D eigenvalue weighted by molar-refractivity contribution is 6.27. The first-order valence-electron chi connectivity index (χ1n) is 48.2. The fourth-order valence-corrected chi connectivity index (χ4v) is 17.4. The lowest BCUT2D eigenvalue weighted by Gasteiger charge is -2.27. The van der Waals surface area contributed by atoms with Gasteiger partial charge in [0.1, 0.15) is 55.2 Å². The number of benzene rings is 5. The number of nitrogens with zero attached hydrogens (tertiary/aromatic N) is 17. The number of amides is 14. The standard InChI is InChI=1S/C44H44F2N10O8.C42H40F2N10O8.C15H15N3O5/c45-44(46,30-10-11-32-28(25-30)7-6-17-47-32)43-52-51-36-14-12-33(53-56(36)43)29-26-49-54(27-29)19-1-2-20-62-21-3-4-22-63-23-16-37(57)48-18-24-64-35-9-5-8-31-39(35)42(61)55(41(31)60)34-13-15-38(58)50-40(34)59;43-42(44,28-8-9-30-26(23-28)5-2-15-45-30)41-50-49-34-12-10-31(51-54(34)41)27-24-47-52(25-27)17-3-18-60-19-4-20-61-21-14-35(55)46-16-22-62-33-7-1-6-29-37(33)40(59)53(39(29)58)32-11-13-36(56)48-38(32)57;16-6-7-23-10-3-1-2-8-12(10)15(22)18(14(8)21)9-4-5-11(19)17-13(9)20/h5-12,14,17,25-27,34H,1-4,13,15-16,18-24H2,(H,48,57)(H,50,58,59);1-2,5-10,12,15,23-25,32H,3-4,11,13-14,16-22H2,(H,46,55)(H,48,56,57);1-3,9H,4-7,16H2,(H,17,19,20). The Bertz CT molecular complexity index is 7320. The summed E-state index contributed by atoms with van der Waals surface area (Å²) in [6.45, 7) is 5.44. The molecule has 19 rings (SSSR count). The van der Waals surface area contributed by atoms with Crippen LogP contribution < -0.4 is 46.5 Å². The maximum absolute atomic E-state index is 15.8. The zero-order valence-corrected chi connectivity index (χ0v) is 80.0. The van der Waals surface area contributed by atoms with Gasteiger partial charge in [-0.2, -0.15) is 47.0 Å². The third-order valence-electron chi connectivity index (χ3n) is 24.9. The third-order valence-corrected chi connectivity index (χ3v) is 24.9. The van der Waals surface area contributed by atoms with Crippen molar-refractivity contribution in [3.8, 4) is 39.8 Å². The molecule has 13 aromatic rings. The first kappa shape index (κ1) is 104. The molecule has 14 heterocycles. The summed E-state index contributed by atoms with van der Waals surface area (Å²) in [6.07, 6.45) is 15.2. The van der Waals surface area contributed by atoms with Crippen molar-refractivity contribution in [1.82, 2.24) is 110 Å². The van der Waals surface area contributed by atoms with E-state index >= 15 is 17.6 Å². The van der Waals surface area contributed by atoms with E-state index in [-0.39, 0.29) is 189 Å². The van der Waals surface area contributed by atoms with Gasteiger partial charge in [-0.25, -0.2) is 0 Å². The Kier molecular flexibility index (Phi) is 32.7. The molecule has 44 nitrogen and oxygen atoms in total. The van der Waals surface area contributed by atoms with Crippen molar-refractivity contribution in [1.29, 1.82) is 0 Å². The van der Waals surface area contributed by atoms with Crippen LogP contribution in [-0.2, 0) is 82.2 Å². The minimum Gasteiger partial charge on any atom is -0.491 e. The van der Waals surface area contributed by atoms with Gasteiger partial charge in [0, 0.05) is 149 Å². The lowest BCUT2D eigenvalue weighted by Crippen LogP contribution is -2.54. The smallest absolute Gasteiger partial charge is 0.333 e. The summed E-state index contributed by atoms with van der Waals surface area (Å²) < 4.78 is 108. The molecule has 0 spiro atoms. The SMILES string of the molecule is NCCOc1cccc2c1C(=O)N(C1CCC(=O)NC1=O)C2=O.O=C(CCOCCCCOCCCCn1cc(-c2ccc3nnc(C(F)(F)c4ccc5ncccc5c4)n3n2)cn1)NCCOc1cccc2c1C(=O)N(C1CCC(=O)NC1=O)C2=O.O=C(CCOCCCOCCCn1cc(-c2ccc3nnc(C(F)(F)c4ccc5ncccc5c4)n3n2)cn1)NCCOc1cccc2c1C(=O)N(C1CCC(=O)NC1=O)C2=O. The number of aromatic nitrogens is 14. The number of unbranched alkanes of at least 4 members (excludes halogenated alkanes) is 2. The monoisotopic (exact) mass is 2050 g/mol. The van der Waals surface area contributed by atoms with Gasteiger partial charge in [-0.15, -0.1) is 20.4 Å². The molecule has 14 amide bonds. The predicted octanol–water partition coefficient (Wildman–Crippen LogP) is 7.16. The molecular formula is C101H99F4N23O21. The Morgan fingerprint density at radius 2 is 0.779 bits per heavy atom. The van der Waals surface area contributed by atoms with E-state index in [1.165, 1.54) is 48.5 Å². The first-order chi connectivity index (χ1) is 72.2. The fraction of sp³-hybridized carbons (Fsp3) is 0.347. The van der Waals surface area contributed by atoms with Crippen LogP contribution in [0.5, 0.6) is 17.2 Å². The molecule has 6 aliphatic rings. The Hall–Kier alpha value is -16.9. The predicted molar refractivity (Wildman–Crippen MR) is 515 cm³/mol. The zero-order chi connectivity index (χ0) is 104. The quantitative estimate of drug-likeness (QED) is 0.0125. The molecule has 149 heavy (non-hydrogen) atoms. The van der Waals surface area contributed by atoms with Crippen LogP contribution in [0.4, 0.5) is 17.6 Å². The van der Waals surface area contributed by atoms with Crippen molar-refractivity contribution >= 4 is 116 Å². The summed E-state index contributed by atoms with van der Waals surface area (Å²) in [7, 11) is 0. The molecule has 3 atom stereocenters. The van der Waals surface area contributed by atoms with E-state index in [1.807, 2.05) is 6.20 Å². The number of hydrogen-bond donors (Lipinski definition) is 6. The van der Waals surface area contributed by atoms with Gasteiger partial charge in [-0.1, -0.05) is 42.5 Å². The fourth-order valence-electron chi connectivity index (χ4n) is 17.4. The van der Waals surface area contributed by atoms with Gasteiger partial charge in [0.15, 0.2) is 11.3 Å². The molecule has 0 saturated carbocycles. The topological polar surface area (TPSA) is 547 Å². The van der Waals surface area contributed by atoms with Crippen LogP contribution in [0.2, 0.25) is 0 Å². The van der Waals surface area contributed by atoms with Crippen LogP contribution in [0.25, 0.3) is 55.6 Å². The van der Waals surface area contributed by atoms with Crippen LogP contribution >= 0.6 is 0 Å². The molecule has 772 valence electrons. The van der Waals surface area contributed by atoms with Crippen LogP contribution in [-0.4, -0.2) is 277 Å². The van der Waals surface area contributed by atoms with Gasteiger partial charge < -0.3 is 49.5 Å². The second kappa shape index (κ2) is 47.1. The number of carbonyl (C=O) groups is 14. The average molecular weight is 2050 g/mol. The highest BCUT2D eigenvalue weighted by atomic mass is 19.3. The van der Waals surface area contributed by atoms with Crippen molar-refractivity contribution in [3.05, 3.63) is 233 Å². The summed E-state index contributed by atoms with van der Waals surface area (Å²) in [5.41, 5.74) is 9.31. The molecule has 3 saturated heterocycles. The van der Waals surface area contributed by atoms with Crippen molar-refractivity contribution in [2.75, 3.05) is 92.3 Å². The molecule has 6 aliphatic heterocycles. The highest BCUT2D eigenvalue weighted by Gasteiger charge is 2.51. The Morgan fingerprint density at radius 1 is 0.403 bits per heavy atom. The number of halogens is 4. The number of nitrogens with one attached hydrogen (secondary N) is 5. The number of alkyl halides is 4. The van der Waals surface area contributed by atoms with E-state index in [0.29, 0.717) is 110 Å². The summed E-state index contributed by atoms with van der Waals surface area (Å²) in [6, 6.07) is 32.6.